The average Bonchev–Trinajstić information content (AvgIpc) is 3.02. The largest absolute Gasteiger partial charge is 0.444 e. The van der Waals surface area contributed by atoms with Gasteiger partial charge in [-0.05, 0) is 44.9 Å². The van der Waals surface area contributed by atoms with Gasteiger partial charge >= 0.3 is 6.09 Å². The minimum Gasteiger partial charge on any atom is -0.444 e. The second-order valence-electron chi connectivity index (χ2n) is 7.98. The van der Waals surface area contributed by atoms with E-state index in [-0.39, 0.29) is 6.09 Å². The van der Waals surface area contributed by atoms with Crippen molar-refractivity contribution >= 4 is 17.7 Å². The highest BCUT2D eigenvalue weighted by Gasteiger charge is 2.26. The van der Waals surface area contributed by atoms with E-state index in [1.807, 2.05) is 31.6 Å². The van der Waals surface area contributed by atoms with Crippen LogP contribution in [0.2, 0.25) is 5.02 Å². The number of halogens is 1. The Hall–Kier alpha value is -2.05. The molecule has 1 aliphatic heterocycles. The Morgan fingerprint density at radius 3 is 2.52 bits per heavy atom. The fraction of sp³-hybridized carbons (Fsp3) is 0.500. The summed E-state index contributed by atoms with van der Waals surface area (Å²) >= 11 is 6.04. The number of aromatic nitrogens is 2. The highest BCUT2D eigenvalue weighted by Crippen LogP contribution is 2.21. The molecule has 146 valence electrons. The van der Waals surface area contributed by atoms with Crippen molar-refractivity contribution in [1.29, 1.82) is 0 Å². The number of rotatable bonds is 3. The van der Waals surface area contributed by atoms with Crippen LogP contribution in [0.15, 0.2) is 30.6 Å². The van der Waals surface area contributed by atoms with Crippen LogP contribution in [0.3, 0.4) is 0 Å². The molecular weight excluding hydrogens is 364 g/mol. The highest BCUT2D eigenvalue weighted by atomic mass is 35.5. The molecule has 0 saturated carbocycles. The van der Waals surface area contributed by atoms with Gasteiger partial charge in [0, 0.05) is 38.9 Å². The number of carbonyl (C=O) groups is 1. The van der Waals surface area contributed by atoms with Gasteiger partial charge in [-0.3, -0.25) is 4.90 Å². The molecular formula is C20H27ClN4O2. The van der Waals surface area contributed by atoms with Gasteiger partial charge in [0.05, 0.1) is 16.9 Å². The number of ether oxygens (including phenoxy) is 1. The van der Waals surface area contributed by atoms with Crippen molar-refractivity contribution in [2.75, 3.05) is 26.2 Å². The van der Waals surface area contributed by atoms with Crippen LogP contribution in [-0.2, 0) is 11.3 Å². The van der Waals surface area contributed by atoms with Gasteiger partial charge in [0.2, 0.25) is 0 Å². The molecule has 2 heterocycles. The molecule has 0 atom stereocenters. The maximum absolute atomic E-state index is 12.2. The summed E-state index contributed by atoms with van der Waals surface area (Å²) in [5.41, 5.74) is 2.94. The van der Waals surface area contributed by atoms with E-state index < -0.39 is 5.60 Å². The van der Waals surface area contributed by atoms with Gasteiger partial charge in [0.25, 0.3) is 0 Å². The zero-order valence-electron chi connectivity index (χ0n) is 16.4. The molecule has 6 nitrogen and oxygen atoms in total. The molecule has 1 fully saturated rings. The summed E-state index contributed by atoms with van der Waals surface area (Å²) in [4.78, 5) is 16.3. The molecule has 3 rings (SSSR count). The molecule has 0 unspecified atom stereocenters. The lowest BCUT2D eigenvalue weighted by Crippen LogP contribution is -2.49. The van der Waals surface area contributed by atoms with E-state index in [0.29, 0.717) is 18.1 Å². The average molecular weight is 391 g/mol. The van der Waals surface area contributed by atoms with Crippen LogP contribution in [-0.4, -0.2) is 57.5 Å². The van der Waals surface area contributed by atoms with Crippen molar-refractivity contribution in [1.82, 2.24) is 19.6 Å². The van der Waals surface area contributed by atoms with E-state index in [1.165, 1.54) is 11.1 Å². The Labute approximate surface area is 165 Å². The smallest absolute Gasteiger partial charge is 0.410 e. The van der Waals surface area contributed by atoms with Crippen molar-refractivity contribution in [3.8, 4) is 5.69 Å². The summed E-state index contributed by atoms with van der Waals surface area (Å²) < 4.78 is 7.29. The van der Waals surface area contributed by atoms with Gasteiger partial charge in [0.1, 0.15) is 5.60 Å². The highest BCUT2D eigenvalue weighted by molar-refractivity contribution is 6.30. The molecule has 7 heteroatoms. The van der Waals surface area contributed by atoms with Crippen LogP contribution in [0.4, 0.5) is 4.79 Å². The van der Waals surface area contributed by atoms with Gasteiger partial charge in [-0.1, -0.05) is 23.7 Å². The van der Waals surface area contributed by atoms with E-state index in [0.717, 1.165) is 25.3 Å². The fourth-order valence-corrected chi connectivity index (χ4v) is 3.25. The first-order valence-electron chi connectivity index (χ1n) is 9.22. The maximum atomic E-state index is 12.2. The van der Waals surface area contributed by atoms with Crippen LogP contribution in [0.25, 0.3) is 5.69 Å². The first kappa shape index (κ1) is 19.7. The Bertz CT molecular complexity index is 805. The molecule has 0 aliphatic carbocycles. The lowest BCUT2D eigenvalue weighted by atomic mass is 10.1. The number of benzene rings is 1. The number of hydrogen-bond acceptors (Lipinski definition) is 4. The summed E-state index contributed by atoms with van der Waals surface area (Å²) in [5.74, 6) is 0. The fourth-order valence-electron chi connectivity index (χ4n) is 3.11. The maximum Gasteiger partial charge on any atom is 0.410 e. The quantitative estimate of drug-likeness (QED) is 0.797. The lowest BCUT2D eigenvalue weighted by Gasteiger charge is -2.35. The summed E-state index contributed by atoms with van der Waals surface area (Å²) in [6.45, 7) is 11.5. The van der Waals surface area contributed by atoms with Gasteiger partial charge in [0.15, 0.2) is 0 Å². The van der Waals surface area contributed by atoms with Crippen molar-refractivity contribution in [3.05, 3.63) is 46.7 Å². The standard InChI is InChI=1S/C20H27ClN4O2/c1-15-5-6-16(18(11-15)25-14-17(21)12-22-25)13-23-7-9-24(10-8-23)19(26)27-20(2,3)4/h5-6,11-12,14H,7-10,13H2,1-4H3. The Morgan fingerprint density at radius 1 is 1.22 bits per heavy atom. The summed E-state index contributed by atoms with van der Waals surface area (Å²) in [6.07, 6.45) is 3.23. The second-order valence-corrected chi connectivity index (χ2v) is 8.42. The van der Waals surface area contributed by atoms with Gasteiger partial charge in [-0.25, -0.2) is 9.48 Å². The summed E-state index contributed by atoms with van der Waals surface area (Å²) in [5, 5.41) is 4.97. The third-order valence-corrected chi connectivity index (χ3v) is 4.65. The Kier molecular flexibility index (Phi) is 5.77. The minimum absolute atomic E-state index is 0.232. The predicted molar refractivity (Wildman–Crippen MR) is 106 cm³/mol. The molecule has 0 spiro atoms. The SMILES string of the molecule is Cc1ccc(CN2CCN(C(=O)OC(C)(C)C)CC2)c(-n2cc(Cl)cn2)c1. The van der Waals surface area contributed by atoms with Crippen LogP contribution >= 0.6 is 11.6 Å². The topological polar surface area (TPSA) is 50.6 Å². The number of hydrogen-bond donors (Lipinski definition) is 0. The van der Waals surface area contributed by atoms with E-state index in [4.69, 9.17) is 16.3 Å². The molecule has 1 aromatic carbocycles. The van der Waals surface area contributed by atoms with Gasteiger partial charge in [-0.15, -0.1) is 0 Å². The second kappa shape index (κ2) is 7.90. The molecule has 0 N–H and O–H groups in total. The number of amides is 1. The number of nitrogens with zero attached hydrogens (tertiary/aromatic N) is 4. The normalized spacial score (nSPS) is 15.8. The molecule has 1 aromatic heterocycles. The van der Waals surface area contributed by atoms with Crippen LogP contribution in [0, 0.1) is 6.92 Å². The van der Waals surface area contributed by atoms with E-state index in [9.17, 15) is 4.79 Å². The van der Waals surface area contributed by atoms with E-state index in [2.05, 4.69) is 35.1 Å². The van der Waals surface area contributed by atoms with Gasteiger partial charge in [-0.2, -0.15) is 5.10 Å². The van der Waals surface area contributed by atoms with E-state index >= 15 is 0 Å². The molecule has 2 aromatic rings. The monoisotopic (exact) mass is 390 g/mol. The summed E-state index contributed by atoms with van der Waals surface area (Å²) in [6, 6.07) is 6.37. The number of piperazine rings is 1. The van der Waals surface area contributed by atoms with Crippen LogP contribution in [0.5, 0.6) is 0 Å². The molecule has 0 radical (unpaired) electrons. The van der Waals surface area contributed by atoms with Crippen LogP contribution < -0.4 is 0 Å². The predicted octanol–water partition coefficient (Wildman–Crippen LogP) is 3.89. The number of carbonyl (C=O) groups excluding carboxylic acids is 1. The molecule has 27 heavy (non-hydrogen) atoms. The lowest BCUT2D eigenvalue weighted by molar-refractivity contribution is 0.0139. The van der Waals surface area contributed by atoms with E-state index in [1.54, 1.807) is 11.1 Å². The van der Waals surface area contributed by atoms with Crippen molar-refractivity contribution in [2.45, 2.75) is 39.8 Å². The zero-order chi connectivity index (χ0) is 19.6. The Balaban J connectivity index is 1.65. The molecule has 1 amide bonds. The first-order chi connectivity index (χ1) is 12.7. The zero-order valence-corrected chi connectivity index (χ0v) is 17.2. The third-order valence-electron chi connectivity index (χ3n) is 4.46. The van der Waals surface area contributed by atoms with Crippen molar-refractivity contribution in [2.24, 2.45) is 0 Å². The van der Waals surface area contributed by atoms with Crippen LogP contribution in [0.1, 0.15) is 31.9 Å². The van der Waals surface area contributed by atoms with Crippen molar-refractivity contribution in [3.63, 3.8) is 0 Å². The van der Waals surface area contributed by atoms with Crippen molar-refractivity contribution < 1.29 is 9.53 Å². The Morgan fingerprint density at radius 2 is 1.93 bits per heavy atom. The summed E-state index contributed by atoms with van der Waals surface area (Å²) in [7, 11) is 0. The number of aryl methyl sites for hydroxylation is 1. The van der Waals surface area contributed by atoms with Gasteiger partial charge < -0.3 is 9.64 Å². The third kappa shape index (κ3) is 5.23. The molecule has 1 aliphatic rings. The molecule has 1 saturated heterocycles. The first-order valence-corrected chi connectivity index (χ1v) is 9.59. The molecule has 0 bridgehead atoms. The minimum atomic E-state index is -0.462.